The molecule has 0 aliphatic heterocycles. The second-order valence-corrected chi connectivity index (χ2v) is 4.45. The van der Waals surface area contributed by atoms with Crippen molar-refractivity contribution >= 4 is 0 Å². The van der Waals surface area contributed by atoms with Crippen LogP contribution in [0.25, 0.3) is 22.7 Å². The maximum Gasteiger partial charge on any atom is 0.226 e. The van der Waals surface area contributed by atoms with Gasteiger partial charge in [-0.05, 0) is 30.3 Å². The summed E-state index contributed by atoms with van der Waals surface area (Å²) in [7, 11) is 0. The summed E-state index contributed by atoms with van der Waals surface area (Å²) in [4.78, 5) is 4.47. The Hall–Kier alpha value is -2.59. The van der Waals surface area contributed by atoms with E-state index in [1.165, 1.54) is 0 Å². The molecular formula is C16H14N2O2. The van der Waals surface area contributed by atoms with Gasteiger partial charge >= 0.3 is 0 Å². The van der Waals surface area contributed by atoms with E-state index in [2.05, 4.69) is 4.98 Å². The highest BCUT2D eigenvalue weighted by atomic mass is 16.3. The SMILES string of the molecule is NCc1cc(-c2coc(-c3ccccc3)n2)ccc1O. The van der Waals surface area contributed by atoms with Crippen molar-refractivity contribution in [2.45, 2.75) is 6.54 Å². The molecule has 4 nitrogen and oxygen atoms in total. The highest BCUT2D eigenvalue weighted by Crippen LogP contribution is 2.27. The Labute approximate surface area is 116 Å². The number of hydrogen-bond acceptors (Lipinski definition) is 4. The molecule has 2 aromatic carbocycles. The van der Waals surface area contributed by atoms with Crippen LogP contribution in [0.1, 0.15) is 5.56 Å². The van der Waals surface area contributed by atoms with Crippen molar-refractivity contribution in [2.24, 2.45) is 5.73 Å². The summed E-state index contributed by atoms with van der Waals surface area (Å²) >= 11 is 0. The molecule has 4 heteroatoms. The predicted octanol–water partition coefficient (Wildman–Crippen LogP) is 3.17. The van der Waals surface area contributed by atoms with Crippen LogP contribution in [0.5, 0.6) is 5.75 Å². The number of aromatic hydroxyl groups is 1. The fourth-order valence-corrected chi connectivity index (χ4v) is 2.03. The third-order valence-electron chi connectivity index (χ3n) is 3.12. The first-order valence-corrected chi connectivity index (χ1v) is 6.31. The summed E-state index contributed by atoms with van der Waals surface area (Å²) in [5.41, 5.74) is 8.79. The van der Waals surface area contributed by atoms with Crippen molar-refractivity contribution in [1.29, 1.82) is 0 Å². The average Bonchev–Trinajstić information content (AvgIpc) is 2.98. The molecule has 20 heavy (non-hydrogen) atoms. The Balaban J connectivity index is 1.98. The van der Waals surface area contributed by atoms with Gasteiger partial charge in [0.2, 0.25) is 5.89 Å². The molecule has 0 saturated heterocycles. The topological polar surface area (TPSA) is 72.3 Å². The Morgan fingerprint density at radius 1 is 1.05 bits per heavy atom. The van der Waals surface area contributed by atoms with Crippen molar-refractivity contribution in [1.82, 2.24) is 4.98 Å². The maximum absolute atomic E-state index is 9.64. The van der Waals surface area contributed by atoms with Crippen molar-refractivity contribution in [3.05, 3.63) is 60.4 Å². The van der Waals surface area contributed by atoms with E-state index in [9.17, 15) is 5.11 Å². The van der Waals surface area contributed by atoms with E-state index in [4.69, 9.17) is 10.2 Å². The third kappa shape index (κ3) is 2.29. The minimum atomic E-state index is 0.197. The minimum Gasteiger partial charge on any atom is -0.508 e. The number of aromatic nitrogens is 1. The van der Waals surface area contributed by atoms with E-state index < -0.39 is 0 Å². The molecule has 0 aliphatic carbocycles. The van der Waals surface area contributed by atoms with E-state index in [1.54, 1.807) is 18.4 Å². The highest BCUT2D eigenvalue weighted by molar-refractivity contribution is 5.64. The number of phenolic OH excluding ortho intramolecular Hbond substituents is 1. The second-order valence-electron chi connectivity index (χ2n) is 4.45. The summed E-state index contributed by atoms with van der Waals surface area (Å²) < 4.78 is 5.50. The largest absolute Gasteiger partial charge is 0.508 e. The minimum absolute atomic E-state index is 0.197. The normalized spacial score (nSPS) is 10.7. The number of nitrogens with two attached hydrogens (primary N) is 1. The number of hydrogen-bond donors (Lipinski definition) is 2. The number of rotatable bonds is 3. The van der Waals surface area contributed by atoms with E-state index >= 15 is 0 Å². The molecule has 0 atom stereocenters. The number of benzene rings is 2. The zero-order valence-electron chi connectivity index (χ0n) is 10.8. The molecule has 3 N–H and O–H groups in total. The van der Waals surface area contributed by atoms with Gasteiger partial charge in [0.25, 0.3) is 0 Å². The maximum atomic E-state index is 9.64. The standard InChI is InChI=1S/C16H14N2O2/c17-9-13-8-12(6-7-15(13)19)14-10-20-16(18-14)11-4-2-1-3-5-11/h1-8,10,19H,9,17H2. The van der Waals surface area contributed by atoms with Crippen LogP contribution in [0.15, 0.2) is 59.2 Å². The van der Waals surface area contributed by atoms with Crippen LogP contribution in [0.4, 0.5) is 0 Å². The lowest BCUT2D eigenvalue weighted by atomic mass is 10.1. The fraction of sp³-hybridized carbons (Fsp3) is 0.0625. The van der Waals surface area contributed by atoms with Crippen molar-refractivity contribution in [3.8, 4) is 28.5 Å². The van der Waals surface area contributed by atoms with Crippen LogP contribution in [-0.2, 0) is 6.54 Å². The Kier molecular flexibility index (Phi) is 3.23. The molecule has 100 valence electrons. The number of oxazole rings is 1. The molecule has 0 aliphatic rings. The lowest BCUT2D eigenvalue weighted by molar-refractivity contribution is 0.468. The molecule has 1 heterocycles. The van der Waals surface area contributed by atoms with E-state index in [0.29, 0.717) is 11.5 Å². The van der Waals surface area contributed by atoms with Gasteiger partial charge in [-0.1, -0.05) is 18.2 Å². The molecule has 3 rings (SSSR count). The molecule has 0 fully saturated rings. The molecule has 0 unspecified atom stereocenters. The summed E-state index contributed by atoms with van der Waals surface area (Å²) in [5, 5.41) is 9.64. The summed E-state index contributed by atoms with van der Waals surface area (Å²) in [6, 6.07) is 14.9. The van der Waals surface area contributed by atoms with Crippen LogP contribution in [0.3, 0.4) is 0 Å². The predicted molar refractivity (Wildman–Crippen MR) is 76.9 cm³/mol. The lowest BCUT2D eigenvalue weighted by Gasteiger charge is -2.03. The quantitative estimate of drug-likeness (QED) is 0.763. The van der Waals surface area contributed by atoms with E-state index in [0.717, 1.165) is 16.8 Å². The first kappa shape index (κ1) is 12.4. The highest BCUT2D eigenvalue weighted by Gasteiger charge is 2.09. The Morgan fingerprint density at radius 2 is 1.85 bits per heavy atom. The van der Waals surface area contributed by atoms with E-state index in [-0.39, 0.29) is 12.3 Å². The molecular weight excluding hydrogens is 252 g/mol. The molecule has 0 amide bonds. The van der Waals surface area contributed by atoms with Gasteiger partial charge in [-0.25, -0.2) is 4.98 Å². The average molecular weight is 266 g/mol. The van der Waals surface area contributed by atoms with Crippen LogP contribution in [-0.4, -0.2) is 10.1 Å². The van der Waals surface area contributed by atoms with Crippen molar-refractivity contribution in [3.63, 3.8) is 0 Å². The Bertz CT molecular complexity index is 720. The molecule has 3 aromatic rings. The lowest BCUT2D eigenvalue weighted by Crippen LogP contribution is -1.96. The third-order valence-corrected chi connectivity index (χ3v) is 3.12. The molecule has 0 saturated carbocycles. The van der Waals surface area contributed by atoms with Crippen molar-refractivity contribution in [2.75, 3.05) is 0 Å². The van der Waals surface area contributed by atoms with Crippen LogP contribution in [0, 0.1) is 0 Å². The first-order chi connectivity index (χ1) is 9.78. The van der Waals surface area contributed by atoms with E-state index in [1.807, 2.05) is 36.4 Å². The summed E-state index contributed by atoms with van der Waals surface area (Å²) in [6.07, 6.45) is 1.61. The fourth-order valence-electron chi connectivity index (χ4n) is 2.03. The second kappa shape index (κ2) is 5.19. The van der Waals surface area contributed by atoms with Gasteiger partial charge in [0.1, 0.15) is 17.7 Å². The smallest absolute Gasteiger partial charge is 0.226 e. The van der Waals surface area contributed by atoms with Gasteiger partial charge in [0.05, 0.1) is 0 Å². The van der Waals surface area contributed by atoms with Gasteiger partial charge in [0.15, 0.2) is 0 Å². The number of nitrogens with zero attached hydrogens (tertiary/aromatic N) is 1. The summed E-state index contributed by atoms with van der Waals surface area (Å²) in [6.45, 7) is 0.281. The molecule has 0 bridgehead atoms. The van der Waals surface area contributed by atoms with Crippen LogP contribution in [0.2, 0.25) is 0 Å². The van der Waals surface area contributed by atoms with Crippen LogP contribution >= 0.6 is 0 Å². The first-order valence-electron chi connectivity index (χ1n) is 6.31. The molecule has 0 spiro atoms. The van der Waals surface area contributed by atoms with Crippen molar-refractivity contribution < 1.29 is 9.52 Å². The molecule has 1 aromatic heterocycles. The van der Waals surface area contributed by atoms with Gasteiger partial charge in [-0.2, -0.15) is 0 Å². The number of phenols is 1. The summed E-state index contributed by atoms with van der Waals surface area (Å²) in [5.74, 6) is 0.769. The van der Waals surface area contributed by atoms with Gasteiger partial charge in [-0.15, -0.1) is 0 Å². The van der Waals surface area contributed by atoms with Gasteiger partial charge in [-0.3, -0.25) is 0 Å². The Morgan fingerprint density at radius 3 is 2.60 bits per heavy atom. The van der Waals surface area contributed by atoms with Gasteiger partial charge in [0, 0.05) is 23.2 Å². The van der Waals surface area contributed by atoms with Gasteiger partial charge < -0.3 is 15.3 Å². The monoisotopic (exact) mass is 266 g/mol. The zero-order chi connectivity index (χ0) is 13.9. The molecule has 0 radical (unpaired) electrons. The van der Waals surface area contributed by atoms with Crippen LogP contribution < -0.4 is 5.73 Å². The zero-order valence-corrected chi connectivity index (χ0v) is 10.8.